The SMILES string of the molecule is CCC(C(=O)NC)N(Cc1ccccc1Cl)C(=O)CN(c1ccc(Cl)cc1Cl)S(=O)(=O)c1ccccc1. The minimum absolute atomic E-state index is 0.00198. The Morgan fingerprint density at radius 2 is 1.57 bits per heavy atom. The number of nitrogens with zero attached hydrogens (tertiary/aromatic N) is 2. The van der Waals surface area contributed by atoms with Crippen molar-refractivity contribution in [3.63, 3.8) is 0 Å². The summed E-state index contributed by atoms with van der Waals surface area (Å²) in [6, 6.07) is 18.1. The van der Waals surface area contributed by atoms with E-state index in [1.807, 2.05) is 0 Å². The Labute approximate surface area is 232 Å². The third kappa shape index (κ3) is 6.76. The van der Waals surface area contributed by atoms with Gasteiger partial charge in [-0.15, -0.1) is 0 Å². The maximum atomic E-state index is 13.8. The van der Waals surface area contributed by atoms with Crippen LogP contribution in [0.2, 0.25) is 15.1 Å². The van der Waals surface area contributed by atoms with Gasteiger partial charge in [0.2, 0.25) is 11.8 Å². The number of anilines is 1. The molecule has 0 radical (unpaired) electrons. The number of rotatable bonds is 10. The van der Waals surface area contributed by atoms with Gasteiger partial charge < -0.3 is 10.2 Å². The van der Waals surface area contributed by atoms with Crippen LogP contribution in [0.15, 0.2) is 77.7 Å². The van der Waals surface area contributed by atoms with Crippen molar-refractivity contribution in [2.75, 3.05) is 17.9 Å². The fourth-order valence-electron chi connectivity index (χ4n) is 3.81. The maximum Gasteiger partial charge on any atom is 0.264 e. The highest BCUT2D eigenvalue weighted by molar-refractivity contribution is 7.92. The molecule has 0 aromatic heterocycles. The molecule has 0 saturated heterocycles. The van der Waals surface area contributed by atoms with Gasteiger partial charge in [-0.1, -0.05) is 78.1 Å². The zero-order valence-electron chi connectivity index (χ0n) is 20.2. The standard InChI is InChI=1S/C26H26Cl3N3O4S/c1-3-23(26(34)30-2)31(16-18-9-7-8-12-21(18)28)25(33)17-32(24-14-13-19(27)15-22(24)29)37(35,36)20-10-5-4-6-11-20/h4-15,23H,3,16-17H2,1-2H3,(H,30,34). The summed E-state index contributed by atoms with van der Waals surface area (Å²) in [6.45, 7) is 1.15. The van der Waals surface area contributed by atoms with Crippen LogP contribution < -0.4 is 9.62 Å². The van der Waals surface area contributed by atoms with Crippen molar-refractivity contribution in [3.05, 3.63) is 93.4 Å². The zero-order valence-corrected chi connectivity index (χ0v) is 23.3. The number of amides is 2. The molecule has 11 heteroatoms. The van der Waals surface area contributed by atoms with E-state index in [1.54, 1.807) is 49.4 Å². The predicted molar refractivity (Wildman–Crippen MR) is 148 cm³/mol. The van der Waals surface area contributed by atoms with E-state index in [0.29, 0.717) is 22.0 Å². The van der Waals surface area contributed by atoms with Gasteiger partial charge in [-0.2, -0.15) is 0 Å². The minimum atomic E-state index is -4.23. The van der Waals surface area contributed by atoms with Gasteiger partial charge in [0.05, 0.1) is 15.6 Å². The van der Waals surface area contributed by atoms with Gasteiger partial charge in [-0.05, 0) is 48.4 Å². The highest BCUT2D eigenvalue weighted by Gasteiger charge is 2.34. The van der Waals surface area contributed by atoms with E-state index in [2.05, 4.69) is 5.32 Å². The van der Waals surface area contributed by atoms with Crippen LogP contribution in [0.1, 0.15) is 18.9 Å². The summed E-state index contributed by atoms with van der Waals surface area (Å²) in [7, 11) is -2.75. The molecule has 196 valence electrons. The van der Waals surface area contributed by atoms with Crippen molar-refractivity contribution in [1.29, 1.82) is 0 Å². The van der Waals surface area contributed by atoms with Gasteiger partial charge in [0, 0.05) is 23.6 Å². The van der Waals surface area contributed by atoms with Crippen molar-refractivity contribution in [2.24, 2.45) is 0 Å². The summed E-state index contributed by atoms with van der Waals surface area (Å²) < 4.78 is 28.4. The van der Waals surface area contributed by atoms with Crippen molar-refractivity contribution >= 4 is 62.3 Å². The lowest BCUT2D eigenvalue weighted by Gasteiger charge is -2.33. The highest BCUT2D eigenvalue weighted by Crippen LogP contribution is 2.33. The molecule has 1 N–H and O–H groups in total. The molecule has 7 nitrogen and oxygen atoms in total. The molecule has 0 fully saturated rings. The van der Waals surface area contributed by atoms with Gasteiger partial charge in [0.25, 0.3) is 10.0 Å². The summed E-state index contributed by atoms with van der Waals surface area (Å²) in [4.78, 5) is 27.9. The molecule has 2 amide bonds. The number of likely N-dealkylation sites (N-methyl/N-ethyl adjacent to an activating group) is 1. The van der Waals surface area contributed by atoms with E-state index in [4.69, 9.17) is 34.8 Å². The summed E-state index contributed by atoms with van der Waals surface area (Å²) in [5, 5.41) is 3.35. The molecule has 37 heavy (non-hydrogen) atoms. The number of hydrogen-bond acceptors (Lipinski definition) is 4. The molecule has 0 bridgehead atoms. The van der Waals surface area contributed by atoms with Crippen LogP contribution in [0.4, 0.5) is 5.69 Å². The number of carbonyl (C=O) groups is 2. The molecule has 3 rings (SSSR count). The number of hydrogen-bond donors (Lipinski definition) is 1. The van der Waals surface area contributed by atoms with Gasteiger partial charge >= 0.3 is 0 Å². The summed E-state index contributed by atoms with van der Waals surface area (Å²) in [5.41, 5.74) is 0.691. The molecule has 0 saturated carbocycles. The Kier molecular flexibility index (Phi) is 9.84. The lowest BCUT2D eigenvalue weighted by atomic mass is 10.1. The van der Waals surface area contributed by atoms with Crippen LogP contribution in [-0.2, 0) is 26.2 Å². The topological polar surface area (TPSA) is 86.8 Å². The molecular weight excluding hydrogens is 557 g/mol. The zero-order chi connectivity index (χ0) is 27.2. The summed E-state index contributed by atoms with van der Waals surface area (Å²) >= 11 is 18.8. The van der Waals surface area contributed by atoms with E-state index in [0.717, 1.165) is 4.31 Å². The molecule has 0 heterocycles. The van der Waals surface area contributed by atoms with Gasteiger partial charge in [0.15, 0.2) is 0 Å². The first-order valence-corrected chi connectivity index (χ1v) is 13.9. The molecule has 0 spiro atoms. The van der Waals surface area contributed by atoms with E-state index in [1.165, 1.54) is 42.3 Å². The van der Waals surface area contributed by atoms with Crippen molar-refractivity contribution in [1.82, 2.24) is 10.2 Å². The van der Waals surface area contributed by atoms with E-state index in [9.17, 15) is 18.0 Å². The lowest BCUT2D eigenvalue weighted by molar-refractivity contribution is -0.140. The van der Waals surface area contributed by atoms with Crippen LogP contribution >= 0.6 is 34.8 Å². The molecule has 0 aliphatic rings. The molecule has 0 aliphatic heterocycles. The predicted octanol–water partition coefficient (Wildman–Crippen LogP) is 5.40. The van der Waals surface area contributed by atoms with Crippen molar-refractivity contribution in [2.45, 2.75) is 30.8 Å². The summed E-state index contributed by atoms with van der Waals surface area (Å²) in [6.07, 6.45) is 0.295. The molecular formula is C26H26Cl3N3O4S. The highest BCUT2D eigenvalue weighted by atomic mass is 35.5. The Morgan fingerprint density at radius 1 is 0.919 bits per heavy atom. The number of halogens is 3. The second-order valence-corrected chi connectivity index (χ2v) is 11.2. The van der Waals surface area contributed by atoms with Crippen LogP contribution in [0.3, 0.4) is 0 Å². The van der Waals surface area contributed by atoms with E-state index < -0.39 is 28.5 Å². The van der Waals surface area contributed by atoms with E-state index >= 15 is 0 Å². The molecule has 0 aliphatic carbocycles. The first-order valence-electron chi connectivity index (χ1n) is 11.4. The second kappa shape index (κ2) is 12.6. The Morgan fingerprint density at radius 3 is 2.16 bits per heavy atom. The smallest absolute Gasteiger partial charge is 0.264 e. The average Bonchev–Trinajstić information content (AvgIpc) is 2.88. The quantitative estimate of drug-likeness (QED) is 0.347. The van der Waals surface area contributed by atoms with E-state index in [-0.39, 0.29) is 28.1 Å². The lowest BCUT2D eigenvalue weighted by Crippen LogP contribution is -2.51. The largest absolute Gasteiger partial charge is 0.357 e. The fourth-order valence-corrected chi connectivity index (χ4v) is 6.02. The first-order chi connectivity index (χ1) is 17.6. The fraction of sp³-hybridized carbons (Fsp3) is 0.231. The second-order valence-electron chi connectivity index (χ2n) is 8.07. The van der Waals surface area contributed by atoms with Crippen LogP contribution in [0.5, 0.6) is 0 Å². The van der Waals surface area contributed by atoms with Crippen molar-refractivity contribution < 1.29 is 18.0 Å². The third-order valence-corrected chi connectivity index (χ3v) is 8.40. The Balaban J connectivity index is 2.10. The number of benzene rings is 3. The molecule has 3 aromatic carbocycles. The monoisotopic (exact) mass is 581 g/mol. The van der Waals surface area contributed by atoms with Gasteiger partial charge in [0.1, 0.15) is 12.6 Å². The van der Waals surface area contributed by atoms with Crippen LogP contribution in [0.25, 0.3) is 0 Å². The first kappa shape index (κ1) is 28.8. The average molecular weight is 583 g/mol. The molecule has 3 aromatic rings. The number of sulfonamides is 1. The normalized spacial score (nSPS) is 12.0. The Bertz CT molecular complexity index is 1370. The summed E-state index contributed by atoms with van der Waals surface area (Å²) in [5.74, 6) is -0.995. The van der Waals surface area contributed by atoms with Crippen LogP contribution in [0, 0.1) is 0 Å². The van der Waals surface area contributed by atoms with Crippen molar-refractivity contribution in [3.8, 4) is 0 Å². The number of nitrogens with one attached hydrogen (secondary N) is 1. The Hall–Kier alpha value is -2.78. The third-order valence-electron chi connectivity index (χ3n) is 5.72. The minimum Gasteiger partial charge on any atom is -0.357 e. The van der Waals surface area contributed by atoms with Gasteiger partial charge in [-0.3, -0.25) is 13.9 Å². The van der Waals surface area contributed by atoms with Gasteiger partial charge in [-0.25, -0.2) is 8.42 Å². The number of carbonyl (C=O) groups excluding carboxylic acids is 2. The maximum absolute atomic E-state index is 13.8. The molecule has 1 atom stereocenters. The van der Waals surface area contributed by atoms with Crippen LogP contribution in [-0.4, -0.2) is 44.8 Å². The molecule has 1 unspecified atom stereocenters.